The van der Waals surface area contributed by atoms with Gasteiger partial charge in [0.1, 0.15) is 0 Å². The monoisotopic (exact) mass is 328 g/mol. The zero-order chi connectivity index (χ0) is 14.7. The van der Waals surface area contributed by atoms with Gasteiger partial charge in [0.15, 0.2) is 5.13 Å². The molecular weight excluding hydrogens is 315 g/mol. The average Bonchev–Trinajstić information content (AvgIpc) is 2.70. The van der Waals surface area contributed by atoms with Crippen LogP contribution in [0.4, 0.5) is 5.13 Å². The molecule has 1 N–H and O–H groups in total. The summed E-state index contributed by atoms with van der Waals surface area (Å²) in [5, 5.41) is 4.47. The average molecular weight is 329 g/mol. The molecule has 0 saturated heterocycles. The van der Waals surface area contributed by atoms with Gasteiger partial charge in [-0.05, 0) is 31.9 Å². The highest BCUT2D eigenvalue weighted by Gasteiger charge is 2.10. The van der Waals surface area contributed by atoms with E-state index in [2.05, 4.69) is 10.3 Å². The van der Waals surface area contributed by atoms with Gasteiger partial charge in [0.2, 0.25) is 5.91 Å². The molecule has 3 nitrogen and oxygen atoms in total. The van der Waals surface area contributed by atoms with Crippen LogP contribution in [-0.2, 0) is 11.2 Å². The minimum atomic E-state index is -0.0743. The van der Waals surface area contributed by atoms with E-state index in [0.29, 0.717) is 28.0 Å². The van der Waals surface area contributed by atoms with Crippen molar-refractivity contribution in [2.75, 3.05) is 5.32 Å². The first-order valence-electron chi connectivity index (χ1n) is 6.14. The summed E-state index contributed by atoms with van der Waals surface area (Å²) in [5.74, 6) is -0.0743. The molecule has 0 bridgehead atoms. The predicted octanol–water partition coefficient (Wildman–Crippen LogP) is 4.64. The number of anilines is 1. The lowest BCUT2D eigenvalue weighted by molar-refractivity contribution is -0.116. The summed E-state index contributed by atoms with van der Waals surface area (Å²) < 4.78 is 0. The van der Waals surface area contributed by atoms with Gasteiger partial charge in [-0.2, -0.15) is 0 Å². The number of thiazole rings is 1. The lowest BCUT2D eigenvalue weighted by Crippen LogP contribution is -2.12. The van der Waals surface area contributed by atoms with Crippen LogP contribution in [0.15, 0.2) is 18.2 Å². The van der Waals surface area contributed by atoms with E-state index in [1.807, 2.05) is 26.0 Å². The summed E-state index contributed by atoms with van der Waals surface area (Å²) in [4.78, 5) is 17.3. The molecule has 0 atom stereocenters. The number of rotatable bonds is 4. The highest BCUT2D eigenvalue weighted by atomic mass is 35.5. The Morgan fingerprint density at radius 1 is 1.35 bits per heavy atom. The van der Waals surface area contributed by atoms with Gasteiger partial charge in [0.25, 0.3) is 0 Å². The molecule has 0 aliphatic carbocycles. The first-order chi connectivity index (χ1) is 9.47. The minimum Gasteiger partial charge on any atom is -0.302 e. The number of halogens is 2. The fraction of sp³-hybridized carbons (Fsp3) is 0.286. The second kappa shape index (κ2) is 6.57. The van der Waals surface area contributed by atoms with Crippen LogP contribution in [0.3, 0.4) is 0 Å². The Morgan fingerprint density at radius 2 is 2.10 bits per heavy atom. The zero-order valence-corrected chi connectivity index (χ0v) is 13.5. The van der Waals surface area contributed by atoms with Crippen molar-refractivity contribution < 1.29 is 4.79 Å². The number of benzene rings is 1. The predicted molar refractivity (Wildman–Crippen MR) is 85.0 cm³/mol. The molecule has 0 spiro atoms. The van der Waals surface area contributed by atoms with E-state index in [1.165, 1.54) is 11.3 Å². The SMILES string of the molecule is Cc1nc(NC(=O)CCc2cccc(Cl)c2Cl)sc1C. The van der Waals surface area contributed by atoms with Crippen molar-refractivity contribution in [2.24, 2.45) is 0 Å². The molecule has 1 amide bonds. The van der Waals surface area contributed by atoms with E-state index >= 15 is 0 Å². The molecule has 0 fully saturated rings. The Bertz CT molecular complexity index is 621. The Kier molecular flexibility index (Phi) is 5.02. The van der Waals surface area contributed by atoms with Crippen molar-refractivity contribution >= 4 is 45.6 Å². The Morgan fingerprint density at radius 3 is 2.75 bits per heavy atom. The maximum Gasteiger partial charge on any atom is 0.226 e. The van der Waals surface area contributed by atoms with E-state index < -0.39 is 0 Å². The largest absolute Gasteiger partial charge is 0.302 e. The molecule has 2 aromatic rings. The molecular formula is C14H14Cl2N2OS. The molecule has 1 aromatic heterocycles. The van der Waals surface area contributed by atoms with Gasteiger partial charge in [-0.3, -0.25) is 4.79 Å². The number of hydrogen-bond donors (Lipinski definition) is 1. The maximum atomic E-state index is 11.9. The molecule has 106 valence electrons. The maximum absolute atomic E-state index is 11.9. The first kappa shape index (κ1) is 15.3. The molecule has 0 aliphatic rings. The zero-order valence-electron chi connectivity index (χ0n) is 11.2. The highest BCUT2D eigenvalue weighted by Crippen LogP contribution is 2.26. The summed E-state index contributed by atoms with van der Waals surface area (Å²) in [5.41, 5.74) is 1.82. The van der Waals surface area contributed by atoms with E-state index in [0.717, 1.165) is 16.1 Å². The third kappa shape index (κ3) is 3.72. The van der Waals surface area contributed by atoms with Crippen LogP contribution in [-0.4, -0.2) is 10.9 Å². The van der Waals surface area contributed by atoms with Crippen LogP contribution >= 0.6 is 34.5 Å². The van der Waals surface area contributed by atoms with Crippen LogP contribution in [0.2, 0.25) is 10.0 Å². The Balaban J connectivity index is 1.94. The van der Waals surface area contributed by atoms with Gasteiger partial charge in [-0.1, -0.05) is 35.3 Å². The molecule has 20 heavy (non-hydrogen) atoms. The summed E-state index contributed by atoms with van der Waals surface area (Å²) in [6, 6.07) is 5.43. The number of nitrogens with one attached hydrogen (secondary N) is 1. The number of hydrogen-bond acceptors (Lipinski definition) is 3. The summed E-state index contributed by atoms with van der Waals surface area (Å²) in [7, 11) is 0. The number of aromatic nitrogens is 1. The third-order valence-electron chi connectivity index (χ3n) is 2.93. The molecule has 1 heterocycles. The van der Waals surface area contributed by atoms with Gasteiger partial charge in [-0.15, -0.1) is 11.3 Å². The van der Waals surface area contributed by atoms with Crippen molar-refractivity contribution in [3.63, 3.8) is 0 Å². The highest BCUT2D eigenvalue weighted by molar-refractivity contribution is 7.15. The number of carbonyl (C=O) groups excluding carboxylic acids is 1. The molecule has 1 aromatic carbocycles. The second-order valence-electron chi connectivity index (χ2n) is 4.42. The molecule has 2 rings (SSSR count). The van der Waals surface area contributed by atoms with Crippen LogP contribution in [0.25, 0.3) is 0 Å². The topological polar surface area (TPSA) is 42.0 Å². The smallest absolute Gasteiger partial charge is 0.226 e. The Hall–Kier alpha value is -1.10. The normalized spacial score (nSPS) is 10.6. The van der Waals surface area contributed by atoms with E-state index in [9.17, 15) is 4.79 Å². The van der Waals surface area contributed by atoms with Crippen molar-refractivity contribution in [3.05, 3.63) is 44.4 Å². The standard InChI is InChI=1S/C14H14Cl2N2OS/c1-8-9(2)20-14(17-8)18-12(19)7-6-10-4-3-5-11(15)13(10)16/h3-5H,6-7H2,1-2H3,(H,17,18,19). The molecule has 0 unspecified atom stereocenters. The third-order valence-corrected chi connectivity index (χ3v) is 4.77. The van der Waals surface area contributed by atoms with Crippen molar-refractivity contribution in [2.45, 2.75) is 26.7 Å². The van der Waals surface area contributed by atoms with Crippen LogP contribution in [0.1, 0.15) is 22.6 Å². The van der Waals surface area contributed by atoms with Gasteiger partial charge in [0, 0.05) is 11.3 Å². The molecule has 0 radical (unpaired) electrons. The van der Waals surface area contributed by atoms with Crippen molar-refractivity contribution in [3.8, 4) is 0 Å². The minimum absolute atomic E-state index is 0.0743. The van der Waals surface area contributed by atoms with Gasteiger partial charge in [0.05, 0.1) is 15.7 Å². The second-order valence-corrected chi connectivity index (χ2v) is 6.41. The van der Waals surface area contributed by atoms with E-state index in [1.54, 1.807) is 6.07 Å². The molecule has 6 heteroatoms. The van der Waals surface area contributed by atoms with Crippen LogP contribution in [0.5, 0.6) is 0 Å². The van der Waals surface area contributed by atoms with Gasteiger partial charge in [-0.25, -0.2) is 4.98 Å². The van der Waals surface area contributed by atoms with E-state index in [-0.39, 0.29) is 5.91 Å². The quantitative estimate of drug-likeness (QED) is 0.888. The van der Waals surface area contributed by atoms with Crippen molar-refractivity contribution in [1.29, 1.82) is 0 Å². The van der Waals surface area contributed by atoms with E-state index in [4.69, 9.17) is 23.2 Å². The van der Waals surface area contributed by atoms with Crippen LogP contribution < -0.4 is 5.32 Å². The van der Waals surface area contributed by atoms with Gasteiger partial charge >= 0.3 is 0 Å². The fourth-order valence-corrected chi connectivity index (χ4v) is 2.94. The number of amides is 1. The molecule has 0 aliphatic heterocycles. The summed E-state index contributed by atoms with van der Waals surface area (Å²) in [6.07, 6.45) is 0.895. The summed E-state index contributed by atoms with van der Waals surface area (Å²) >= 11 is 13.5. The number of nitrogens with zero attached hydrogens (tertiary/aromatic N) is 1. The number of carbonyl (C=O) groups is 1. The molecule has 0 saturated carbocycles. The van der Waals surface area contributed by atoms with Gasteiger partial charge < -0.3 is 5.32 Å². The Labute approximate surface area is 131 Å². The van der Waals surface area contributed by atoms with Crippen molar-refractivity contribution in [1.82, 2.24) is 4.98 Å². The first-order valence-corrected chi connectivity index (χ1v) is 7.71. The lowest BCUT2D eigenvalue weighted by Gasteiger charge is -2.05. The fourth-order valence-electron chi connectivity index (χ4n) is 1.70. The lowest BCUT2D eigenvalue weighted by atomic mass is 10.1. The summed E-state index contributed by atoms with van der Waals surface area (Å²) in [6.45, 7) is 3.90. The number of aryl methyl sites for hydroxylation is 3. The van der Waals surface area contributed by atoms with Crippen LogP contribution in [0, 0.1) is 13.8 Å².